The molecule has 1 aromatic carbocycles. The number of aromatic nitrogens is 4. The van der Waals surface area contributed by atoms with Crippen molar-refractivity contribution in [2.75, 3.05) is 25.1 Å². The van der Waals surface area contributed by atoms with Gasteiger partial charge in [0.05, 0.1) is 6.04 Å². The molecule has 0 saturated carbocycles. The summed E-state index contributed by atoms with van der Waals surface area (Å²) in [4.78, 5) is 26.3. The van der Waals surface area contributed by atoms with Gasteiger partial charge in [-0.1, -0.05) is 23.7 Å². The molecule has 1 aliphatic heterocycles. The highest BCUT2D eigenvalue weighted by atomic mass is 35.5. The molecule has 11 heteroatoms. The molecular formula is C22H25Cl2N7O2. The summed E-state index contributed by atoms with van der Waals surface area (Å²) in [6.45, 7) is 3.46. The Morgan fingerprint density at radius 1 is 1.36 bits per heavy atom. The molecule has 3 heterocycles. The average Bonchev–Trinajstić information content (AvgIpc) is 3.31. The maximum atomic E-state index is 13.0. The number of halogens is 2. The van der Waals surface area contributed by atoms with Gasteiger partial charge < -0.3 is 15.8 Å². The van der Waals surface area contributed by atoms with E-state index < -0.39 is 11.9 Å². The summed E-state index contributed by atoms with van der Waals surface area (Å²) < 4.78 is 8.14. The average molecular weight is 490 g/mol. The Hall–Kier alpha value is -2.72. The fourth-order valence-corrected chi connectivity index (χ4v) is 4.14. The van der Waals surface area contributed by atoms with Gasteiger partial charge in [-0.15, -0.1) is 0 Å². The van der Waals surface area contributed by atoms with Gasteiger partial charge in [0, 0.05) is 60.6 Å². The molecule has 0 aliphatic carbocycles. The van der Waals surface area contributed by atoms with Crippen molar-refractivity contribution >= 4 is 35.2 Å². The summed E-state index contributed by atoms with van der Waals surface area (Å²) in [7, 11) is 0. The summed E-state index contributed by atoms with van der Waals surface area (Å²) in [5.74, 6) is 0.669. The highest BCUT2D eigenvalue weighted by molar-refractivity contribution is 6.30. The van der Waals surface area contributed by atoms with Crippen molar-refractivity contribution in [3.63, 3.8) is 0 Å². The highest BCUT2D eigenvalue weighted by Gasteiger charge is 2.26. The van der Waals surface area contributed by atoms with Crippen LogP contribution in [0.4, 0.5) is 5.95 Å². The van der Waals surface area contributed by atoms with E-state index in [2.05, 4.69) is 20.3 Å². The normalized spacial score (nSPS) is 15.3. The molecule has 0 bridgehead atoms. The molecule has 33 heavy (non-hydrogen) atoms. The first-order valence-electron chi connectivity index (χ1n) is 10.6. The third-order valence-electron chi connectivity index (χ3n) is 5.47. The number of hydrogen-bond donors (Lipinski definition) is 2. The molecule has 0 unspecified atom stereocenters. The number of rotatable bonds is 7. The van der Waals surface area contributed by atoms with Gasteiger partial charge in [-0.25, -0.2) is 14.4 Å². The number of nitrogens with two attached hydrogens (primary N) is 1. The van der Waals surface area contributed by atoms with Crippen molar-refractivity contribution in [1.29, 1.82) is 0 Å². The zero-order valence-electron chi connectivity index (χ0n) is 18.1. The largest absolute Gasteiger partial charge is 0.381 e. The second-order valence-corrected chi connectivity index (χ2v) is 8.62. The number of carbonyl (C=O) groups excluding carboxylic acids is 1. The first kappa shape index (κ1) is 23.4. The fourth-order valence-electron chi connectivity index (χ4n) is 3.66. The predicted molar refractivity (Wildman–Crippen MR) is 127 cm³/mol. The van der Waals surface area contributed by atoms with Crippen LogP contribution >= 0.6 is 23.4 Å². The molecule has 3 N–H and O–H groups in total. The van der Waals surface area contributed by atoms with E-state index in [0.717, 1.165) is 41.6 Å². The summed E-state index contributed by atoms with van der Waals surface area (Å²) in [5, 5.41) is 3.89. The molecule has 2 aromatic heterocycles. The van der Waals surface area contributed by atoms with E-state index in [1.54, 1.807) is 35.2 Å². The molecule has 1 saturated heterocycles. The number of nitrogens with zero attached hydrogens (tertiary/aromatic N) is 5. The minimum absolute atomic E-state index is 0.128. The van der Waals surface area contributed by atoms with E-state index >= 15 is 0 Å². The number of benzene rings is 1. The first-order chi connectivity index (χ1) is 16.0. The van der Waals surface area contributed by atoms with Crippen LogP contribution in [0.15, 0.2) is 43.0 Å². The van der Waals surface area contributed by atoms with Gasteiger partial charge in [0.15, 0.2) is 0 Å². The number of anilines is 1. The number of aryl methyl sites for hydroxylation is 1. The Kier molecular flexibility index (Phi) is 7.44. The number of imidazole rings is 1. The van der Waals surface area contributed by atoms with Crippen LogP contribution in [0.5, 0.6) is 0 Å². The Bertz CT molecular complexity index is 1120. The minimum Gasteiger partial charge on any atom is -0.381 e. The number of hydrogen-bond acceptors (Lipinski definition) is 7. The number of nitrogens with one attached hydrogen (secondary N) is 1. The lowest BCUT2D eigenvalue weighted by Crippen LogP contribution is -2.32. The Morgan fingerprint density at radius 3 is 2.88 bits per heavy atom. The third kappa shape index (κ3) is 5.44. The maximum Gasteiger partial charge on any atom is 0.289 e. The Balaban J connectivity index is 1.53. The predicted octanol–water partition coefficient (Wildman–Crippen LogP) is 3.51. The molecule has 4 rings (SSSR count). The molecule has 0 spiro atoms. The van der Waals surface area contributed by atoms with E-state index in [1.807, 2.05) is 13.0 Å². The zero-order chi connectivity index (χ0) is 23.4. The van der Waals surface area contributed by atoms with Gasteiger partial charge >= 0.3 is 0 Å². The SMILES string of the molecule is Cc1cnc(NC2CCOCC2)nc1-n1cnc(C(=O)N(Cl)[C@H](CN)c2cccc(Cl)c2)c1. The lowest BCUT2D eigenvalue weighted by molar-refractivity contribution is 0.0820. The monoisotopic (exact) mass is 489 g/mol. The van der Waals surface area contributed by atoms with Gasteiger partial charge in [-0.05, 0) is 37.5 Å². The molecule has 1 amide bonds. The van der Waals surface area contributed by atoms with Crippen molar-refractivity contribution in [2.24, 2.45) is 5.73 Å². The van der Waals surface area contributed by atoms with Crippen LogP contribution < -0.4 is 11.1 Å². The second kappa shape index (κ2) is 10.5. The minimum atomic E-state index is -0.556. The van der Waals surface area contributed by atoms with Crippen LogP contribution in [0, 0.1) is 6.92 Å². The van der Waals surface area contributed by atoms with Crippen molar-refractivity contribution in [3.05, 3.63) is 64.8 Å². The van der Waals surface area contributed by atoms with E-state index in [4.69, 9.17) is 33.8 Å². The van der Waals surface area contributed by atoms with Crippen LogP contribution in [0.3, 0.4) is 0 Å². The van der Waals surface area contributed by atoms with E-state index in [0.29, 0.717) is 16.8 Å². The van der Waals surface area contributed by atoms with Crippen molar-refractivity contribution in [2.45, 2.75) is 31.8 Å². The molecular weight excluding hydrogens is 465 g/mol. The Labute approximate surface area is 202 Å². The zero-order valence-corrected chi connectivity index (χ0v) is 19.6. The molecule has 174 valence electrons. The quantitative estimate of drug-likeness (QED) is 0.488. The highest BCUT2D eigenvalue weighted by Crippen LogP contribution is 2.26. The van der Waals surface area contributed by atoms with Gasteiger partial charge in [0.1, 0.15) is 17.8 Å². The van der Waals surface area contributed by atoms with Gasteiger partial charge in [-0.3, -0.25) is 9.36 Å². The van der Waals surface area contributed by atoms with Crippen molar-refractivity contribution < 1.29 is 9.53 Å². The molecule has 1 atom stereocenters. The Morgan fingerprint density at radius 2 is 2.15 bits per heavy atom. The van der Waals surface area contributed by atoms with Crippen molar-refractivity contribution in [3.8, 4) is 5.82 Å². The maximum absolute atomic E-state index is 13.0. The topological polar surface area (TPSA) is 111 Å². The third-order valence-corrected chi connectivity index (χ3v) is 6.09. The number of ether oxygens (including phenoxy) is 1. The summed E-state index contributed by atoms with van der Waals surface area (Å²) in [5.41, 5.74) is 7.65. The smallest absolute Gasteiger partial charge is 0.289 e. The summed E-state index contributed by atoms with van der Waals surface area (Å²) >= 11 is 12.5. The van der Waals surface area contributed by atoms with Crippen LogP contribution in [0.2, 0.25) is 5.02 Å². The van der Waals surface area contributed by atoms with Crippen LogP contribution in [-0.2, 0) is 4.74 Å². The summed E-state index contributed by atoms with van der Waals surface area (Å²) in [6.07, 6.45) is 6.66. The summed E-state index contributed by atoms with van der Waals surface area (Å²) in [6, 6.07) is 6.79. The molecule has 9 nitrogen and oxygen atoms in total. The fraction of sp³-hybridized carbons (Fsp3) is 0.364. The van der Waals surface area contributed by atoms with Crippen LogP contribution in [0.25, 0.3) is 5.82 Å². The number of carbonyl (C=O) groups is 1. The van der Waals surface area contributed by atoms with Crippen LogP contribution in [-0.4, -0.2) is 55.6 Å². The van der Waals surface area contributed by atoms with Gasteiger partial charge in [0.25, 0.3) is 5.91 Å². The molecule has 1 fully saturated rings. The van der Waals surface area contributed by atoms with E-state index in [-0.39, 0.29) is 18.3 Å². The van der Waals surface area contributed by atoms with Crippen molar-refractivity contribution in [1.82, 2.24) is 23.9 Å². The van der Waals surface area contributed by atoms with Gasteiger partial charge in [0.2, 0.25) is 5.95 Å². The van der Waals surface area contributed by atoms with Gasteiger partial charge in [-0.2, -0.15) is 4.98 Å². The number of amides is 1. The van der Waals surface area contributed by atoms with E-state index in [9.17, 15) is 4.79 Å². The molecule has 1 aliphatic rings. The first-order valence-corrected chi connectivity index (χ1v) is 11.3. The standard InChI is InChI=1S/C22H25Cl2N7O2/c1-14-11-26-22(28-17-5-7-33-8-6-17)29-20(14)30-12-18(27-13-30)21(32)31(24)19(10-25)15-3-2-4-16(23)9-15/h2-4,9,11-13,17,19H,5-8,10,25H2,1H3,(H,26,28,29)/t19-/m1/s1. The molecule has 3 aromatic rings. The molecule has 0 radical (unpaired) electrons. The lowest BCUT2D eigenvalue weighted by atomic mass is 10.1. The second-order valence-electron chi connectivity index (χ2n) is 7.82. The van der Waals surface area contributed by atoms with Crippen LogP contribution in [0.1, 0.15) is 40.5 Å². The lowest BCUT2D eigenvalue weighted by Gasteiger charge is -2.24. The van der Waals surface area contributed by atoms with E-state index in [1.165, 1.54) is 6.33 Å².